The van der Waals surface area contributed by atoms with E-state index in [-0.39, 0.29) is 12.1 Å². The van der Waals surface area contributed by atoms with Crippen LogP contribution in [0.4, 0.5) is 4.39 Å². The summed E-state index contributed by atoms with van der Waals surface area (Å²) in [6, 6.07) is 2.70. The van der Waals surface area contributed by atoms with Crippen LogP contribution in [0.2, 0.25) is 0 Å². The summed E-state index contributed by atoms with van der Waals surface area (Å²) in [6.45, 7) is 1.45. The van der Waals surface area contributed by atoms with E-state index in [9.17, 15) is 14.0 Å². The lowest BCUT2D eigenvalue weighted by Gasteiger charge is -2.09. The maximum Gasteiger partial charge on any atom is 0.322 e. The summed E-state index contributed by atoms with van der Waals surface area (Å²) in [5, 5.41) is 10.8. The molecular formula is C11H13FN2O3. The number of nitrogens with one attached hydrogen (secondary N) is 1. The Hall–Kier alpha value is -1.95. The third kappa shape index (κ3) is 3.84. The second-order valence-electron chi connectivity index (χ2n) is 3.67. The number of amides is 1. The number of carbonyl (C=O) groups excluding carboxylic acids is 1. The normalized spacial score (nSPS) is 11.9. The molecule has 1 amide bonds. The van der Waals surface area contributed by atoms with E-state index in [1.165, 1.54) is 12.1 Å². The molecule has 0 aromatic heterocycles. The highest BCUT2D eigenvalue weighted by Gasteiger charge is 2.14. The smallest absolute Gasteiger partial charge is 0.322 e. The van der Waals surface area contributed by atoms with Gasteiger partial charge in [0.25, 0.3) is 5.91 Å². The van der Waals surface area contributed by atoms with Crippen LogP contribution in [0.5, 0.6) is 0 Å². The molecule has 0 saturated heterocycles. The number of rotatable bonds is 4. The number of carbonyl (C=O) groups is 2. The SMILES string of the molecule is Cc1cc(F)cc(C(=O)NC[C@@H](N)C(=O)O)c1. The summed E-state index contributed by atoms with van der Waals surface area (Å²) in [5.41, 5.74) is 5.96. The highest BCUT2D eigenvalue weighted by molar-refractivity contribution is 5.94. The van der Waals surface area contributed by atoms with Gasteiger partial charge in [-0.15, -0.1) is 0 Å². The number of carboxylic acid groups (broad SMARTS) is 1. The van der Waals surface area contributed by atoms with Gasteiger partial charge in [-0.05, 0) is 30.7 Å². The predicted molar refractivity (Wildman–Crippen MR) is 59.1 cm³/mol. The number of carboxylic acids is 1. The second-order valence-corrected chi connectivity index (χ2v) is 3.67. The fraction of sp³-hybridized carbons (Fsp3) is 0.273. The summed E-state index contributed by atoms with van der Waals surface area (Å²) in [7, 11) is 0. The minimum absolute atomic E-state index is 0.139. The van der Waals surface area contributed by atoms with Gasteiger partial charge in [-0.1, -0.05) is 0 Å². The lowest BCUT2D eigenvalue weighted by atomic mass is 10.1. The molecule has 0 radical (unpaired) electrons. The largest absolute Gasteiger partial charge is 0.480 e. The fourth-order valence-corrected chi connectivity index (χ4v) is 1.26. The molecule has 5 nitrogen and oxygen atoms in total. The fourth-order valence-electron chi connectivity index (χ4n) is 1.26. The van der Waals surface area contributed by atoms with Crippen molar-refractivity contribution in [2.24, 2.45) is 5.73 Å². The van der Waals surface area contributed by atoms with Crippen LogP contribution in [-0.2, 0) is 4.79 Å². The maximum atomic E-state index is 13.0. The van der Waals surface area contributed by atoms with Crippen LogP contribution in [-0.4, -0.2) is 29.6 Å². The van der Waals surface area contributed by atoms with Gasteiger partial charge in [0.2, 0.25) is 0 Å². The molecule has 0 aliphatic carbocycles. The minimum Gasteiger partial charge on any atom is -0.480 e. The summed E-state index contributed by atoms with van der Waals surface area (Å²) in [5.74, 6) is -2.28. The topological polar surface area (TPSA) is 92.4 Å². The zero-order chi connectivity index (χ0) is 13.0. The molecule has 0 aliphatic rings. The van der Waals surface area contributed by atoms with E-state index in [1.54, 1.807) is 6.92 Å². The van der Waals surface area contributed by atoms with Gasteiger partial charge in [0, 0.05) is 12.1 Å². The molecule has 0 fully saturated rings. The number of halogens is 1. The summed E-state index contributed by atoms with van der Waals surface area (Å²) < 4.78 is 13.0. The molecular weight excluding hydrogens is 227 g/mol. The van der Waals surface area contributed by atoms with E-state index in [1.807, 2.05) is 0 Å². The van der Waals surface area contributed by atoms with E-state index < -0.39 is 23.7 Å². The van der Waals surface area contributed by atoms with E-state index in [2.05, 4.69) is 5.32 Å². The van der Waals surface area contributed by atoms with Gasteiger partial charge in [0.05, 0.1) is 0 Å². The second kappa shape index (κ2) is 5.40. The monoisotopic (exact) mass is 240 g/mol. The quantitative estimate of drug-likeness (QED) is 0.704. The Morgan fingerprint density at radius 2 is 2.12 bits per heavy atom. The number of nitrogens with two attached hydrogens (primary N) is 1. The molecule has 0 heterocycles. The predicted octanol–water partition coefficient (Wildman–Crippen LogP) is 0.276. The molecule has 0 spiro atoms. The molecule has 0 aliphatic heterocycles. The van der Waals surface area contributed by atoms with E-state index in [0.717, 1.165) is 6.07 Å². The maximum absolute atomic E-state index is 13.0. The van der Waals surface area contributed by atoms with Gasteiger partial charge in [-0.3, -0.25) is 9.59 Å². The molecule has 1 rings (SSSR count). The average molecular weight is 240 g/mol. The Balaban J connectivity index is 2.67. The van der Waals surface area contributed by atoms with E-state index in [0.29, 0.717) is 5.56 Å². The van der Waals surface area contributed by atoms with Crippen molar-refractivity contribution in [3.63, 3.8) is 0 Å². The number of benzene rings is 1. The lowest BCUT2D eigenvalue weighted by molar-refractivity contribution is -0.138. The molecule has 0 bridgehead atoms. The number of aryl methyl sites for hydroxylation is 1. The van der Waals surface area contributed by atoms with Crippen molar-refractivity contribution < 1.29 is 19.1 Å². The van der Waals surface area contributed by atoms with Crippen molar-refractivity contribution in [3.8, 4) is 0 Å². The van der Waals surface area contributed by atoms with Gasteiger partial charge >= 0.3 is 5.97 Å². The first-order valence-electron chi connectivity index (χ1n) is 4.94. The first kappa shape index (κ1) is 13.1. The van der Waals surface area contributed by atoms with Crippen LogP contribution >= 0.6 is 0 Å². The van der Waals surface area contributed by atoms with Gasteiger partial charge in [0.15, 0.2) is 0 Å². The lowest BCUT2D eigenvalue weighted by Crippen LogP contribution is -2.42. The molecule has 1 aromatic rings. The Kier molecular flexibility index (Phi) is 4.17. The summed E-state index contributed by atoms with van der Waals surface area (Å²) in [4.78, 5) is 22.0. The van der Waals surface area contributed by atoms with E-state index >= 15 is 0 Å². The standard InChI is InChI=1S/C11H13FN2O3/c1-6-2-7(4-8(12)3-6)10(15)14-5-9(13)11(16)17/h2-4,9H,5,13H2,1H3,(H,14,15)(H,16,17)/t9-/m1/s1. The average Bonchev–Trinajstić information content (AvgIpc) is 2.23. The Morgan fingerprint density at radius 3 is 2.65 bits per heavy atom. The van der Waals surface area contributed by atoms with Crippen molar-refractivity contribution in [1.29, 1.82) is 0 Å². The van der Waals surface area contributed by atoms with Crippen molar-refractivity contribution in [2.45, 2.75) is 13.0 Å². The molecule has 1 aromatic carbocycles. The van der Waals surface area contributed by atoms with Crippen molar-refractivity contribution in [2.75, 3.05) is 6.54 Å². The van der Waals surface area contributed by atoms with Gasteiger partial charge in [0.1, 0.15) is 11.9 Å². The summed E-state index contributed by atoms with van der Waals surface area (Å²) in [6.07, 6.45) is 0. The van der Waals surface area contributed by atoms with Crippen molar-refractivity contribution in [1.82, 2.24) is 5.32 Å². The minimum atomic E-state index is -1.21. The molecule has 6 heteroatoms. The number of aliphatic carboxylic acids is 1. The van der Waals surface area contributed by atoms with Crippen LogP contribution in [0.15, 0.2) is 18.2 Å². The molecule has 0 saturated carbocycles. The Bertz CT molecular complexity index is 428. The van der Waals surface area contributed by atoms with Crippen LogP contribution in [0.1, 0.15) is 15.9 Å². The van der Waals surface area contributed by atoms with Crippen LogP contribution in [0.25, 0.3) is 0 Å². The van der Waals surface area contributed by atoms with Crippen LogP contribution in [0, 0.1) is 12.7 Å². The molecule has 92 valence electrons. The van der Waals surface area contributed by atoms with Crippen molar-refractivity contribution in [3.05, 3.63) is 35.1 Å². The van der Waals surface area contributed by atoms with Gasteiger partial charge < -0.3 is 16.2 Å². The first-order valence-corrected chi connectivity index (χ1v) is 4.94. The Labute approximate surface area is 97.4 Å². The molecule has 17 heavy (non-hydrogen) atoms. The van der Waals surface area contributed by atoms with Crippen LogP contribution in [0.3, 0.4) is 0 Å². The van der Waals surface area contributed by atoms with Gasteiger partial charge in [-0.25, -0.2) is 4.39 Å². The van der Waals surface area contributed by atoms with Crippen LogP contribution < -0.4 is 11.1 Å². The highest BCUT2D eigenvalue weighted by atomic mass is 19.1. The van der Waals surface area contributed by atoms with E-state index in [4.69, 9.17) is 10.8 Å². The van der Waals surface area contributed by atoms with Crippen molar-refractivity contribution >= 4 is 11.9 Å². The third-order valence-electron chi connectivity index (χ3n) is 2.10. The third-order valence-corrected chi connectivity index (χ3v) is 2.10. The molecule has 1 atom stereocenters. The zero-order valence-electron chi connectivity index (χ0n) is 9.24. The summed E-state index contributed by atoms with van der Waals surface area (Å²) >= 11 is 0. The molecule has 0 unspecified atom stereocenters. The van der Waals surface area contributed by atoms with Gasteiger partial charge in [-0.2, -0.15) is 0 Å². The highest BCUT2D eigenvalue weighted by Crippen LogP contribution is 2.08. The molecule has 4 N–H and O–H groups in total. The number of hydrogen-bond acceptors (Lipinski definition) is 3. The zero-order valence-corrected chi connectivity index (χ0v) is 9.24. The Morgan fingerprint density at radius 1 is 1.47 bits per heavy atom. The number of hydrogen-bond donors (Lipinski definition) is 3. The first-order chi connectivity index (χ1) is 7.90.